The highest BCUT2D eigenvalue weighted by Gasteiger charge is 2.27. The van der Waals surface area contributed by atoms with Crippen molar-refractivity contribution in [2.24, 2.45) is 0 Å². The summed E-state index contributed by atoms with van der Waals surface area (Å²) < 4.78 is 0.838. The smallest absolute Gasteiger partial charge is 0.246 e. The number of carbonyl (C=O) groups excluding carboxylic acids is 2. The molecule has 1 aliphatic rings. The summed E-state index contributed by atoms with van der Waals surface area (Å²) in [6.45, 7) is 4.80. The summed E-state index contributed by atoms with van der Waals surface area (Å²) in [5.74, 6) is 0.597. The zero-order chi connectivity index (χ0) is 16.1. The third-order valence-corrected chi connectivity index (χ3v) is 4.11. The largest absolute Gasteiger partial charge is 0.340 e. The second-order valence-corrected chi connectivity index (χ2v) is 6.25. The van der Waals surface area contributed by atoms with Gasteiger partial charge in [-0.3, -0.25) is 9.59 Å². The average molecular weight is 367 g/mol. The van der Waals surface area contributed by atoms with Crippen molar-refractivity contribution in [2.75, 3.05) is 26.7 Å². The highest BCUT2D eigenvalue weighted by Crippen LogP contribution is 2.24. The molecular formula is C15H19BrN4O2. The van der Waals surface area contributed by atoms with Gasteiger partial charge in [0.05, 0.1) is 11.0 Å². The lowest BCUT2D eigenvalue weighted by atomic mass is 9.97. The first-order chi connectivity index (χ1) is 10.5. The molecule has 22 heavy (non-hydrogen) atoms. The summed E-state index contributed by atoms with van der Waals surface area (Å²) in [7, 11) is 1.60. The van der Waals surface area contributed by atoms with E-state index in [4.69, 9.17) is 0 Å². The molecule has 0 spiro atoms. The van der Waals surface area contributed by atoms with Crippen LogP contribution < -0.4 is 0 Å². The van der Waals surface area contributed by atoms with Crippen LogP contribution >= 0.6 is 15.9 Å². The summed E-state index contributed by atoms with van der Waals surface area (Å²) in [4.78, 5) is 35.6. The Kier molecular flexibility index (Phi) is 5.65. The molecule has 1 aliphatic heterocycles. The number of hydrogen-bond donors (Lipinski definition) is 0. The van der Waals surface area contributed by atoms with Gasteiger partial charge in [-0.05, 0) is 34.8 Å². The molecule has 0 aromatic carbocycles. The van der Waals surface area contributed by atoms with Gasteiger partial charge in [0, 0.05) is 38.4 Å². The summed E-state index contributed by atoms with van der Waals surface area (Å²) >= 11 is 3.32. The molecule has 1 aromatic rings. The summed E-state index contributed by atoms with van der Waals surface area (Å²) in [5, 5.41) is 0. The van der Waals surface area contributed by atoms with Gasteiger partial charge in [0.1, 0.15) is 5.82 Å². The molecule has 0 saturated carbocycles. The fourth-order valence-electron chi connectivity index (χ4n) is 2.48. The second-order valence-electron chi connectivity index (χ2n) is 5.34. The van der Waals surface area contributed by atoms with Crippen molar-refractivity contribution in [3.05, 3.63) is 35.3 Å². The van der Waals surface area contributed by atoms with Crippen molar-refractivity contribution < 1.29 is 9.59 Å². The van der Waals surface area contributed by atoms with E-state index in [2.05, 4.69) is 32.5 Å². The molecule has 2 amide bonds. The van der Waals surface area contributed by atoms with Crippen LogP contribution in [-0.2, 0) is 9.59 Å². The maximum Gasteiger partial charge on any atom is 0.246 e. The molecule has 118 valence electrons. The molecule has 2 heterocycles. The first kappa shape index (κ1) is 16.6. The van der Waals surface area contributed by atoms with E-state index in [1.807, 2.05) is 0 Å². The number of hydrogen-bond acceptors (Lipinski definition) is 4. The van der Waals surface area contributed by atoms with Gasteiger partial charge in [-0.2, -0.15) is 0 Å². The number of nitrogens with zero attached hydrogens (tertiary/aromatic N) is 4. The van der Waals surface area contributed by atoms with E-state index in [0.717, 1.165) is 23.1 Å². The number of halogens is 1. The van der Waals surface area contributed by atoms with Gasteiger partial charge < -0.3 is 9.80 Å². The lowest BCUT2D eigenvalue weighted by Gasteiger charge is -2.33. The third-order valence-electron chi connectivity index (χ3n) is 3.70. The first-order valence-electron chi connectivity index (χ1n) is 7.14. The number of likely N-dealkylation sites (N-methyl/N-ethyl adjacent to an activating group) is 1. The fraction of sp³-hybridized carbons (Fsp3) is 0.467. The van der Waals surface area contributed by atoms with Crippen LogP contribution in [0.5, 0.6) is 0 Å². The predicted octanol–water partition coefficient (Wildman–Crippen LogP) is 1.59. The second kappa shape index (κ2) is 7.49. The molecule has 0 N–H and O–H groups in total. The van der Waals surface area contributed by atoms with Crippen molar-refractivity contribution in [2.45, 2.75) is 18.8 Å². The van der Waals surface area contributed by atoms with Gasteiger partial charge in [0.25, 0.3) is 0 Å². The van der Waals surface area contributed by atoms with E-state index < -0.39 is 0 Å². The van der Waals surface area contributed by atoms with E-state index in [1.54, 1.807) is 24.3 Å². The minimum atomic E-state index is -0.252. The Morgan fingerprint density at radius 1 is 1.50 bits per heavy atom. The normalized spacial score (nSPS) is 17.9. The van der Waals surface area contributed by atoms with E-state index in [1.165, 1.54) is 11.0 Å². The van der Waals surface area contributed by atoms with Gasteiger partial charge >= 0.3 is 0 Å². The topological polar surface area (TPSA) is 66.4 Å². The zero-order valence-corrected chi connectivity index (χ0v) is 14.1. The summed E-state index contributed by atoms with van der Waals surface area (Å²) in [6.07, 6.45) is 6.53. The molecule has 7 heteroatoms. The van der Waals surface area contributed by atoms with E-state index in [9.17, 15) is 9.59 Å². The Bertz CT molecular complexity index is 561. The molecule has 0 aliphatic carbocycles. The SMILES string of the molecule is C=CC(=O)N(C)CC(=O)N1CCCC(c2ncc(Br)cn2)C1. The minimum absolute atomic E-state index is 0.0560. The number of carbonyl (C=O) groups is 2. The molecule has 1 saturated heterocycles. The molecular weight excluding hydrogens is 348 g/mol. The Labute approximate surface area is 138 Å². The molecule has 0 radical (unpaired) electrons. The Hall–Kier alpha value is -1.76. The highest BCUT2D eigenvalue weighted by molar-refractivity contribution is 9.10. The van der Waals surface area contributed by atoms with Gasteiger partial charge in [0.15, 0.2) is 0 Å². The molecule has 2 rings (SSSR count). The quantitative estimate of drug-likeness (QED) is 0.758. The number of aromatic nitrogens is 2. The van der Waals surface area contributed by atoms with Crippen molar-refractivity contribution in [1.82, 2.24) is 19.8 Å². The molecule has 1 unspecified atom stereocenters. The van der Waals surface area contributed by atoms with Crippen LogP contribution in [0.15, 0.2) is 29.5 Å². The van der Waals surface area contributed by atoms with Crippen LogP contribution in [-0.4, -0.2) is 58.3 Å². The standard InChI is InChI=1S/C15H19BrN4O2/c1-3-13(21)19(2)10-14(22)20-6-4-5-11(9-20)15-17-7-12(16)8-18-15/h3,7-8,11H,1,4-6,9-10H2,2H3. The van der Waals surface area contributed by atoms with E-state index >= 15 is 0 Å². The maximum absolute atomic E-state index is 12.3. The maximum atomic E-state index is 12.3. The van der Waals surface area contributed by atoms with Crippen LogP contribution in [0.2, 0.25) is 0 Å². The van der Waals surface area contributed by atoms with E-state index in [0.29, 0.717) is 13.1 Å². The van der Waals surface area contributed by atoms with Crippen molar-refractivity contribution in [3.63, 3.8) is 0 Å². The number of piperidine rings is 1. The van der Waals surface area contributed by atoms with Gasteiger partial charge in [0.2, 0.25) is 11.8 Å². The summed E-state index contributed by atoms with van der Waals surface area (Å²) in [6, 6.07) is 0. The van der Waals surface area contributed by atoms with Crippen LogP contribution in [0.25, 0.3) is 0 Å². The van der Waals surface area contributed by atoms with Crippen LogP contribution in [0.4, 0.5) is 0 Å². The van der Waals surface area contributed by atoms with Crippen LogP contribution in [0.3, 0.4) is 0 Å². The minimum Gasteiger partial charge on any atom is -0.340 e. The van der Waals surface area contributed by atoms with Crippen molar-refractivity contribution in [1.29, 1.82) is 0 Å². The first-order valence-corrected chi connectivity index (χ1v) is 7.93. The predicted molar refractivity (Wildman–Crippen MR) is 86.1 cm³/mol. The van der Waals surface area contributed by atoms with Gasteiger partial charge in [-0.15, -0.1) is 0 Å². The fourth-order valence-corrected chi connectivity index (χ4v) is 2.69. The van der Waals surface area contributed by atoms with Crippen LogP contribution in [0.1, 0.15) is 24.6 Å². The molecule has 6 nitrogen and oxygen atoms in total. The highest BCUT2D eigenvalue weighted by atomic mass is 79.9. The Morgan fingerprint density at radius 2 is 2.18 bits per heavy atom. The third kappa shape index (κ3) is 4.13. The van der Waals surface area contributed by atoms with Crippen molar-refractivity contribution in [3.8, 4) is 0 Å². The Morgan fingerprint density at radius 3 is 2.82 bits per heavy atom. The molecule has 0 bridgehead atoms. The lowest BCUT2D eigenvalue weighted by molar-refractivity contribution is -0.138. The summed E-state index contributed by atoms with van der Waals surface area (Å²) in [5.41, 5.74) is 0. The average Bonchev–Trinajstić information content (AvgIpc) is 2.54. The molecule has 1 atom stereocenters. The lowest BCUT2D eigenvalue weighted by Crippen LogP contribution is -2.45. The van der Waals surface area contributed by atoms with E-state index in [-0.39, 0.29) is 24.3 Å². The van der Waals surface area contributed by atoms with Gasteiger partial charge in [-0.25, -0.2) is 9.97 Å². The molecule has 1 aromatic heterocycles. The monoisotopic (exact) mass is 366 g/mol. The van der Waals surface area contributed by atoms with Crippen molar-refractivity contribution >= 4 is 27.7 Å². The van der Waals surface area contributed by atoms with Gasteiger partial charge in [-0.1, -0.05) is 6.58 Å². The number of likely N-dealkylation sites (tertiary alicyclic amines) is 1. The van der Waals surface area contributed by atoms with Crippen LogP contribution in [0, 0.1) is 0 Å². The number of rotatable bonds is 4. The zero-order valence-electron chi connectivity index (χ0n) is 12.5. The molecule has 1 fully saturated rings. The Balaban J connectivity index is 1.98. The number of amides is 2.